The van der Waals surface area contributed by atoms with E-state index in [2.05, 4.69) is 5.32 Å². The first-order valence-electron chi connectivity index (χ1n) is 6.36. The van der Waals surface area contributed by atoms with Gasteiger partial charge in [0.1, 0.15) is 11.8 Å². The van der Waals surface area contributed by atoms with Crippen LogP contribution in [0.25, 0.3) is 0 Å². The van der Waals surface area contributed by atoms with Gasteiger partial charge < -0.3 is 20.3 Å². The van der Waals surface area contributed by atoms with E-state index >= 15 is 0 Å². The van der Waals surface area contributed by atoms with Gasteiger partial charge in [-0.25, -0.2) is 4.79 Å². The first-order valence-corrected chi connectivity index (χ1v) is 6.36. The van der Waals surface area contributed by atoms with Gasteiger partial charge in [0.15, 0.2) is 6.61 Å². The second-order valence-corrected chi connectivity index (χ2v) is 4.79. The van der Waals surface area contributed by atoms with E-state index < -0.39 is 18.2 Å². The zero-order valence-electron chi connectivity index (χ0n) is 11.8. The third kappa shape index (κ3) is 3.41. The van der Waals surface area contributed by atoms with Crippen LogP contribution < -0.4 is 20.3 Å². The molecular weight excluding hydrogens is 303 g/mol. The van der Waals surface area contributed by atoms with Crippen molar-refractivity contribution in [2.45, 2.75) is 19.1 Å². The summed E-state index contributed by atoms with van der Waals surface area (Å²) in [5.74, 6) is 0.147. The lowest BCUT2D eigenvalue weighted by Gasteiger charge is -2.26. The van der Waals surface area contributed by atoms with Crippen LogP contribution in [0.4, 0.5) is 29.3 Å². The summed E-state index contributed by atoms with van der Waals surface area (Å²) in [5, 5.41) is 4.07. The number of amides is 3. The summed E-state index contributed by atoms with van der Waals surface area (Å²) < 4.78 is 42.3. The largest absolute Gasteiger partial charge is 0.481 e. The van der Waals surface area contributed by atoms with Crippen molar-refractivity contribution in [2.24, 2.45) is 0 Å². The Kier molecular flexibility index (Phi) is 4.16. The van der Waals surface area contributed by atoms with Crippen molar-refractivity contribution in [3.05, 3.63) is 18.2 Å². The zero-order valence-corrected chi connectivity index (χ0v) is 11.8. The highest BCUT2D eigenvalue weighted by Gasteiger charge is 2.37. The summed E-state index contributed by atoms with van der Waals surface area (Å²) in [5.41, 5.74) is 0.777. The summed E-state index contributed by atoms with van der Waals surface area (Å²) in [6, 6.07) is 1.50. The van der Waals surface area contributed by atoms with Crippen molar-refractivity contribution in [2.75, 3.05) is 23.9 Å². The number of nitrogens with one attached hydrogen (secondary N) is 2. The number of carbonyl (C=O) groups excluding carboxylic acids is 2. The van der Waals surface area contributed by atoms with Crippen LogP contribution in [0.1, 0.15) is 6.92 Å². The Bertz CT molecular complexity index is 604. The quantitative estimate of drug-likeness (QED) is 0.878. The number of ether oxygens (including phenoxy) is 1. The van der Waals surface area contributed by atoms with E-state index in [0.717, 1.165) is 6.92 Å². The highest BCUT2D eigenvalue weighted by Crippen LogP contribution is 2.33. The maximum atomic E-state index is 12.4. The molecule has 0 fully saturated rings. The molecule has 6 nitrogen and oxygen atoms in total. The van der Waals surface area contributed by atoms with Crippen LogP contribution in [0.2, 0.25) is 0 Å². The van der Waals surface area contributed by atoms with Crippen molar-refractivity contribution in [1.29, 1.82) is 0 Å². The second-order valence-electron chi connectivity index (χ2n) is 4.79. The molecule has 1 heterocycles. The minimum absolute atomic E-state index is 0.135. The van der Waals surface area contributed by atoms with Crippen molar-refractivity contribution < 1.29 is 27.5 Å². The normalized spacial score (nSPS) is 15.7. The molecule has 1 atom stereocenters. The maximum Gasteiger partial charge on any atom is 0.408 e. The number of carbonyl (C=O) groups is 2. The van der Waals surface area contributed by atoms with Gasteiger partial charge in [-0.3, -0.25) is 4.79 Å². The van der Waals surface area contributed by atoms with E-state index in [1.54, 1.807) is 12.4 Å². The number of alkyl halides is 3. The fraction of sp³-hybridized carbons (Fsp3) is 0.385. The minimum atomic E-state index is -4.51. The molecule has 0 spiro atoms. The van der Waals surface area contributed by atoms with Crippen molar-refractivity contribution in [1.82, 2.24) is 5.32 Å². The predicted molar refractivity (Wildman–Crippen MR) is 73.0 cm³/mol. The van der Waals surface area contributed by atoms with Crippen LogP contribution in [-0.2, 0) is 4.79 Å². The van der Waals surface area contributed by atoms with Gasteiger partial charge in [0.2, 0.25) is 0 Å². The number of fused-ring (bicyclic) bond motifs is 1. The molecule has 0 saturated heterocycles. The average molecular weight is 317 g/mol. The summed E-state index contributed by atoms with van der Waals surface area (Å²) in [4.78, 5) is 24.4. The molecular formula is C13H14F3N3O3. The number of halogens is 3. The minimum Gasteiger partial charge on any atom is -0.481 e. The van der Waals surface area contributed by atoms with E-state index in [1.807, 2.05) is 0 Å². The molecule has 0 saturated carbocycles. The highest BCUT2D eigenvalue weighted by atomic mass is 19.4. The van der Waals surface area contributed by atoms with E-state index in [0.29, 0.717) is 11.4 Å². The summed E-state index contributed by atoms with van der Waals surface area (Å²) in [6.45, 7) is 0.709. The van der Waals surface area contributed by atoms with Crippen LogP contribution in [0.5, 0.6) is 5.75 Å². The van der Waals surface area contributed by atoms with Crippen LogP contribution >= 0.6 is 0 Å². The topological polar surface area (TPSA) is 70.7 Å². The molecule has 0 aromatic heterocycles. The van der Waals surface area contributed by atoms with Gasteiger partial charge >= 0.3 is 12.2 Å². The average Bonchev–Trinajstić information content (AvgIpc) is 2.42. The molecule has 22 heavy (non-hydrogen) atoms. The standard InChI is InChI=1S/C13H14F3N3O3/c1-7(13(14,15)16)17-12(21)18-8-3-4-9-10(5-8)22-6-11(20)19(9)2/h3-5,7H,6H2,1-2H3,(H2,17,18,21). The summed E-state index contributed by atoms with van der Waals surface area (Å²) in [6.07, 6.45) is -4.51. The number of urea groups is 1. The van der Waals surface area contributed by atoms with Gasteiger partial charge in [-0.2, -0.15) is 13.2 Å². The Hall–Kier alpha value is -2.45. The fourth-order valence-corrected chi connectivity index (χ4v) is 1.80. The van der Waals surface area contributed by atoms with E-state index in [9.17, 15) is 22.8 Å². The molecule has 1 aliphatic heterocycles. The first-order chi connectivity index (χ1) is 10.2. The Labute approximate surface area is 124 Å². The molecule has 0 radical (unpaired) electrons. The molecule has 2 N–H and O–H groups in total. The number of nitrogens with zero attached hydrogens (tertiary/aromatic N) is 1. The number of likely N-dealkylation sites (N-methyl/N-ethyl adjacent to an activating group) is 1. The monoisotopic (exact) mass is 317 g/mol. The number of benzene rings is 1. The van der Waals surface area contributed by atoms with Gasteiger partial charge in [0, 0.05) is 18.8 Å². The van der Waals surface area contributed by atoms with Gasteiger partial charge in [0.05, 0.1) is 5.69 Å². The molecule has 0 bridgehead atoms. The molecule has 0 aliphatic carbocycles. The molecule has 1 aromatic carbocycles. The van der Waals surface area contributed by atoms with Gasteiger partial charge in [-0.1, -0.05) is 0 Å². The van der Waals surface area contributed by atoms with Gasteiger partial charge in [0.25, 0.3) is 5.91 Å². The van der Waals surface area contributed by atoms with E-state index in [1.165, 1.54) is 23.1 Å². The smallest absolute Gasteiger partial charge is 0.408 e. The van der Waals surface area contributed by atoms with Crippen molar-refractivity contribution >= 4 is 23.3 Å². The lowest BCUT2D eigenvalue weighted by molar-refractivity contribution is -0.148. The Morgan fingerprint density at radius 2 is 2.09 bits per heavy atom. The Balaban J connectivity index is 2.06. The molecule has 1 aliphatic rings. The molecule has 9 heteroatoms. The molecule has 3 amide bonds. The number of anilines is 2. The van der Waals surface area contributed by atoms with Crippen LogP contribution in [0, 0.1) is 0 Å². The number of hydrogen-bond acceptors (Lipinski definition) is 3. The molecule has 2 rings (SSSR count). The third-order valence-electron chi connectivity index (χ3n) is 3.14. The lowest BCUT2D eigenvalue weighted by atomic mass is 10.2. The second kappa shape index (κ2) is 5.74. The van der Waals surface area contributed by atoms with Crippen molar-refractivity contribution in [3.8, 4) is 5.75 Å². The SMILES string of the molecule is CC(NC(=O)Nc1ccc2c(c1)OCC(=O)N2C)C(F)(F)F. The van der Waals surface area contributed by atoms with Crippen LogP contribution in [0.15, 0.2) is 18.2 Å². The van der Waals surface area contributed by atoms with Crippen LogP contribution in [-0.4, -0.2) is 37.8 Å². The molecule has 1 aromatic rings. The third-order valence-corrected chi connectivity index (χ3v) is 3.14. The predicted octanol–water partition coefficient (Wildman–Crippen LogP) is 2.11. The van der Waals surface area contributed by atoms with Crippen molar-refractivity contribution in [3.63, 3.8) is 0 Å². The van der Waals surface area contributed by atoms with E-state index in [4.69, 9.17) is 4.74 Å². The number of hydrogen-bond donors (Lipinski definition) is 2. The summed E-state index contributed by atoms with van der Waals surface area (Å²) >= 11 is 0. The van der Waals surface area contributed by atoms with Gasteiger partial charge in [-0.05, 0) is 19.1 Å². The molecule has 1 unspecified atom stereocenters. The number of rotatable bonds is 2. The lowest BCUT2D eigenvalue weighted by Crippen LogP contribution is -2.45. The van der Waals surface area contributed by atoms with Gasteiger partial charge in [-0.15, -0.1) is 0 Å². The zero-order chi connectivity index (χ0) is 16.5. The maximum absolute atomic E-state index is 12.4. The molecule has 120 valence electrons. The van der Waals surface area contributed by atoms with Crippen LogP contribution in [0.3, 0.4) is 0 Å². The Morgan fingerprint density at radius 3 is 2.73 bits per heavy atom. The Morgan fingerprint density at radius 1 is 1.41 bits per heavy atom. The van der Waals surface area contributed by atoms with E-state index in [-0.39, 0.29) is 18.2 Å². The first kappa shape index (κ1) is 15.9. The fourth-order valence-electron chi connectivity index (χ4n) is 1.80. The summed E-state index contributed by atoms with van der Waals surface area (Å²) in [7, 11) is 1.58. The highest BCUT2D eigenvalue weighted by molar-refractivity contribution is 5.98.